The number of carbonyl (C=O) groups excluding carboxylic acids is 1. The van der Waals surface area contributed by atoms with E-state index in [1.54, 1.807) is 30.4 Å². The average Bonchev–Trinajstić information content (AvgIpc) is 2.50. The van der Waals surface area contributed by atoms with E-state index < -0.39 is 24.0 Å². The van der Waals surface area contributed by atoms with Crippen LogP contribution in [-0.2, 0) is 14.4 Å². The Hall–Kier alpha value is -0.930. The topological polar surface area (TPSA) is 116 Å². The number of thioether (sulfide) groups is 2. The first-order valence-electron chi connectivity index (χ1n) is 8.79. The summed E-state index contributed by atoms with van der Waals surface area (Å²) in [6.45, 7) is 7.50. The Morgan fingerprint density at radius 2 is 1.46 bits per heavy atom. The molecule has 1 fully saturated rings. The van der Waals surface area contributed by atoms with E-state index in [1.807, 2.05) is 20.8 Å². The smallest absolute Gasteiger partial charge is 0.327 e. The lowest BCUT2D eigenvalue weighted by Gasteiger charge is -2.37. The summed E-state index contributed by atoms with van der Waals surface area (Å²) in [5.74, 6) is -1.35. The molecule has 1 aliphatic rings. The van der Waals surface area contributed by atoms with Crippen molar-refractivity contribution in [1.82, 2.24) is 10.6 Å². The standard InChI is InChI=1S/C17H30N2O5S2/c1-5-14(20)18-10(15(21)22)8-25-12-6-7-13(12)26-9-11(16(23)24)19-17(2,3)4/h10-13,19H,5-9H2,1-4H3,(H,18,20)(H,21,22)(H,23,24). The Kier molecular flexibility index (Phi) is 9.26. The molecule has 4 N–H and O–H groups in total. The molecule has 0 aromatic rings. The molecule has 1 aliphatic carbocycles. The van der Waals surface area contributed by atoms with Crippen molar-refractivity contribution in [3.05, 3.63) is 0 Å². The highest BCUT2D eigenvalue weighted by molar-refractivity contribution is 8.04. The van der Waals surface area contributed by atoms with E-state index in [0.717, 1.165) is 12.8 Å². The van der Waals surface area contributed by atoms with E-state index >= 15 is 0 Å². The zero-order valence-corrected chi connectivity index (χ0v) is 17.4. The van der Waals surface area contributed by atoms with Crippen LogP contribution in [0.15, 0.2) is 0 Å². The van der Waals surface area contributed by atoms with Gasteiger partial charge in [-0.25, -0.2) is 4.79 Å². The molecule has 4 unspecified atom stereocenters. The van der Waals surface area contributed by atoms with E-state index in [2.05, 4.69) is 10.6 Å². The number of amides is 1. The van der Waals surface area contributed by atoms with E-state index in [0.29, 0.717) is 22.0 Å². The number of carbonyl (C=O) groups is 3. The van der Waals surface area contributed by atoms with Crippen molar-refractivity contribution in [2.45, 2.75) is 75.1 Å². The lowest BCUT2D eigenvalue weighted by atomic mass is 9.99. The fourth-order valence-corrected chi connectivity index (χ4v) is 5.54. The van der Waals surface area contributed by atoms with Gasteiger partial charge in [-0.3, -0.25) is 14.9 Å². The van der Waals surface area contributed by atoms with Crippen LogP contribution >= 0.6 is 23.5 Å². The minimum absolute atomic E-state index is 0.258. The zero-order chi connectivity index (χ0) is 19.9. The summed E-state index contributed by atoms with van der Waals surface area (Å²) in [6, 6.07) is -1.49. The maximum atomic E-state index is 11.4. The van der Waals surface area contributed by atoms with Gasteiger partial charge < -0.3 is 15.5 Å². The minimum Gasteiger partial charge on any atom is -0.480 e. The number of hydrogen-bond donors (Lipinski definition) is 4. The molecule has 0 aliphatic heterocycles. The lowest BCUT2D eigenvalue weighted by molar-refractivity contribution is -0.141. The Morgan fingerprint density at radius 3 is 1.81 bits per heavy atom. The largest absolute Gasteiger partial charge is 0.480 e. The van der Waals surface area contributed by atoms with Gasteiger partial charge in [-0.2, -0.15) is 23.5 Å². The number of carboxylic acids is 2. The fraction of sp³-hybridized carbons (Fsp3) is 0.824. The van der Waals surface area contributed by atoms with Gasteiger partial charge in [-0.1, -0.05) is 6.92 Å². The second-order valence-electron chi connectivity index (χ2n) is 7.42. The van der Waals surface area contributed by atoms with Crippen molar-refractivity contribution >= 4 is 41.4 Å². The van der Waals surface area contributed by atoms with Gasteiger partial charge in [0, 0.05) is 34.0 Å². The summed E-state index contributed by atoms with van der Waals surface area (Å²) in [5, 5.41) is 24.8. The van der Waals surface area contributed by atoms with Crippen molar-refractivity contribution in [1.29, 1.82) is 0 Å². The quantitative estimate of drug-likeness (QED) is 0.411. The van der Waals surface area contributed by atoms with E-state index in [9.17, 15) is 24.6 Å². The van der Waals surface area contributed by atoms with Crippen molar-refractivity contribution in [2.75, 3.05) is 11.5 Å². The van der Waals surface area contributed by atoms with Crippen molar-refractivity contribution < 1.29 is 24.6 Å². The molecule has 1 saturated carbocycles. The van der Waals surface area contributed by atoms with Gasteiger partial charge in [0.1, 0.15) is 12.1 Å². The number of rotatable bonds is 11. The molecular formula is C17H30N2O5S2. The minimum atomic E-state index is -1.02. The molecule has 150 valence electrons. The molecule has 4 atom stereocenters. The van der Waals surface area contributed by atoms with Gasteiger partial charge in [0.2, 0.25) is 5.91 Å². The highest BCUT2D eigenvalue weighted by Crippen LogP contribution is 2.40. The van der Waals surface area contributed by atoms with Gasteiger partial charge in [0.25, 0.3) is 0 Å². The third-order valence-corrected chi connectivity index (χ3v) is 7.17. The molecule has 26 heavy (non-hydrogen) atoms. The molecule has 0 bridgehead atoms. The molecule has 1 amide bonds. The number of hydrogen-bond acceptors (Lipinski definition) is 6. The molecule has 0 saturated heterocycles. The monoisotopic (exact) mass is 406 g/mol. The first kappa shape index (κ1) is 23.1. The summed E-state index contributed by atoms with van der Waals surface area (Å²) < 4.78 is 0. The molecule has 1 rings (SSSR count). The predicted molar refractivity (Wildman–Crippen MR) is 106 cm³/mol. The van der Waals surface area contributed by atoms with Crippen molar-refractivity contribution in [3.8, 4) is 0 Å². The molecule has 0 heterocycles. The number of aliphatic carboxylic acids is 2. The van der Waals surface area contributed by atoms with Crippen LogP contribution in [0.2, 0.25) is 0 Å². The summed E-state index contributed by atoms with van der Waals surface area (Å²) in [5.41, 5.74) is -0.274. The summed E-state index contributed by atoms with van der Waals surface area (Å²) in [4.78, 5) is 34.1. The number of carboxylic acid groups (broad SMARTS) is 2. The molecule has 7 nitrogen and oxygen atoms in total. The van der Waals surface area contributed by atoms with Crippen LogP contribution in [0.5, 0.6) is 0 Å². The Labute approximate surface area is 163 Å². The fourth-order valence-electron chi connectivity index (χ4n) is 2.43. The van der Waals surface area contributed by atoms with Crippen LogP contribution in [0.1, 0.15) is 47.0 Å². The molecular weight excluding hydrogens is 376 g/mol. The molecule has 0 radical (unpaired) electrons. The Morgan fingerprint density at radius 1 is 1.00 bits per heavy atom. The van der Waals surface area contributed by atoms with Gasteiger partial charge in [0.15, 0.2) is 0 Å². The first-order chi connectivity index (χ1) is 12.0. The van der Waals surface area contributed by atoms with Crippen molar-refractivity contribution in [2.24, 2.45) is 0 Å². The van der Waals surface area contributed by atoms with E-state index in [-0.39, 0.29) is 17.9 Å². The summed E-state index contributed by atoms with van der Waals surface area (Å²) in [6.07, 6.45) is 2.25. The third-order valence-electron chi connectivity index (χ3n) is 3.96. The van der Waals surface area contributed by atoms with Crippen LogP contribution in [0.3, 0.4) is 0 Å². The molecule has 0 spiro atoms. The van der Waals surface area contributed by atoms with Crippen LogP contribution in [-0.4, -0.2) is 67.7 Å². The Bertz CT molecular complexity index is 510. The van der Waals surface area contributed by atoms with E-state index in [1.165, 1.54) is 0 Å². The molecule has 9 heteroatoms. The maximum absolute atomic E-state index is 11.4. The zero-order valence-electron chi connectivity index (χ0n) is 15.8. The van der Waals surface area contributed by atoms with Crippen LogP contribution in [0.4, 0.5) is 0 Å². The summed E-state index contributed by atoms with van der Waals surface area (Å²) >= 11 is 3.18. The van der Waals surface area contributed by atoms with Crippen LogP contribution in [0, 0.1) is 0 Å². The van der Waals surface area contributed by atoms with E-state index in [4.69, 9.17) is 0 Å². The van der Waals surface area contributed by atoms with Gasteiger partial charge in [0.05, 0.1) is 0 Å². The summed E-state index contributed by atoms with van der Waals surface area (Å²) in [7, 11) is 0. The average molecular weight is 407 g/mol. The lowest BCUT2D eigenvalue weighted by Crippen LogP contribution is -2.49. The van der Waals surface area contributed by atoms with Gasteiger partial charge in [-0.15, -0.1) is 0 Å². The SMILES string of the molecule is CCC(=O)NC(CSC1CCC1SCC(NC(C)(C)C)C(=O)O)C(=O)O. The number of nitrogens with one attached hydrogen (secondary N) is 2. The highest BCUT2D eigenvalue weighted by atomic mass is 32.2. The first-order valence-corrected chi connectivity index (χ1v) is 10.9. The van der Waals surface area contributed by atoms with Gasteiger partial charge in [-0.05, 0) is 33.6 Å². The molecule has 0 aromatic heterocycles. The van der Waals surface area contributed by atoms with Crippen LogP contribution in [0.25, 0.3) is 0 Å². The van der Waals surface area contributed by atoms with Crippen LogP contribution < -0.4 is 10.6 Å². The highest BCUT2D eigenvalue weighted by Gasteiger charge is 2.35. The predicted octanol–water partition coefficient (Wildman–Crippen LogP) is 1.80. The second kappa shape index (κ2) is 10.4. The van der Waals surface area contributed by atoms with Crippen molar-refractivity contribution in [3.63, 3.8) is 0 Å². The third kappa shape index (κ3) is 8.18. The maximum Gasteiger partial charge on any atom is 0.327 e. The molecule has 0 aromatic carbocycles. The normalized spacial score (nSPS) is 22.2. The second-order valence-corrected chi connectivity index (χ2v) is 9.96. The Balaban J connectivity index is 2.45. The van der Waals surface area contributed by atoms with Gasteiger partial charge >= 0.3 is 11.9 Å².